The van der Waals surface area contributed by atoms with Gasteiger partial charge < -0.3 is 9.88 Å². The monoisotopic (exact) mass is 225 g/mol. The van der Waals surface area contributed by atoms with E-state index in [9.17, 15) is 4.39 Å². The number of nitrogens with one attached hydrogen (secondary N) is 1. The minimum absolute atomic E-state index is 0.438. The summed E-state index contributed by atoms with van der Waals surface area (Å²) in [6.45, 7) is 4.46. The van der Waals surface area contributed by atoms with Crippen LogP contribution in [0, 0.1) is 0 Å². The van der Waals surface area contributed by atoms with Crippen LogP contribution in [0.25, 0.3) is 0 Å². The zero-order chi connectivity index (χ0) is 11.4. The van der Waals surface area contributed by atoms with Crippen molar-refractivity contribution in [3.8, 4) is 0 Å². The Kier molecular flexibility index (Phi) is 3.59. The van der Waals surface area contributed by atoms with E-state index in [1.807, 2.05) is 6.20 Å². The Morgan fingerprint density at radius 1 is 1.62 bits per heavy atom. The second-order valence-electron chi connectivity index (χ2n) is 4.64. The lowest BCUT2D eigenvalue weighted by molar-refractivity contribution is 0.118. The predicted octanol–water partition coefficient (Wildman–Crippen LogP) is 1.93. The van der Waals surface area contributed by atoms with Gasteiger partial charge in [-0.25, -0.2) is 9.37 Å². The van der Waals surface area contributed by atoms with Crippen molar-refractivity contribution in [3.05, 3.63) is 18.2 Å². The summed E-state index contributed by atoms with van der Waals surface area (Å²) in [5.41, 5.74) is -1.10. The van der Waals surface area contributed by atoms with Crippen molar-refractivity contribution in [2.45, 2.75) is 44.8 Å². The van der Waals surface area contributed by atoms with E-state index in [-0.39, 0.29) is 0 Å². The topological polar surface area (TPSA) is 29.9 Å². The molecule has 16 heavy (non-hydrogen) atoms. The first-order valence-electron chi connectivity index (χ1n) is 6.13. The summed E-state index contributed by atoms with van der Waals surface area (Å²) in [5.74, 6) is 0.882. The van der Waals surface area contributed by atoms with Gasteiger partial charge in [0.1, 0.15) is 11.5 Å². The maximum Gasteiger partial charge on any atom is 0.130 e. The number of rotatable bonds is 4. The molecule has 90 valence electrons. The highest BCUT2D eigenvalue weighted by molar-refractivity contribution is 5.01. The summed E-state index contributed by atoms with van der Waals surface area (Å²) in [4.78, 5) is 4.27. The zero-order valence-electron chi connectivity index (χ0n) is 9.88. The van der Waals surface area contributed by atoms with Gasteiger partial charge in [-0.1, -0.05) is 6.92 Å². The molecular weight excluding hydrogens is 205 g/mol. The predicted molar refractivity (Wildman–Crippen MR) is 62.2 cm³/mol. The highest BCUT2D eigenvalue weighted by Crippen LogP contribution is 2.25. The van der Waals surface area contributed by atoms with Gasteiger partial charge in [0.25, 0.3) is 0 Å². The fourth-order valence-electron chi connectivity index (χ4n) is 2.32. The van der Waals surface area contributed by atoms with E-state index < -0.39 is 5.67 Å². The van der Waals surface area contributed by atoms with Crippen LogP contribution in [0.15, 0.2) is 12.4 Å². The van der Waals surface area contributed by atoms with E-state index in [4.69, 9.17) is 0 Å². The molecule has 0 amide bonds. The Labute approximate surface area is 96.1 Å². The van der Waals surface area contributed by atoms with E-state index in [1.54, 1.807) is 6.20 Å². The first-order chi connectivity index (χ1) is 7.73. The fourth-order valence-corrected chi connectivity index (χ4v) is 2.32. The molecule has 4 heteroatoms. The molecule has 0 aliphatic carbocycles. The summed E-state index contributed by atoms with van der Waals surface area (Å²) < 4.78 is 16.5. The van der Waals surface area contributed by atoms with Crippen molar-refractivity contribution >= 4 is 0 Å². The van der Waals surface area contributed by atoms with Crippen LogP contribution in [0.4, 0.5) is 4.39 Å². The molecule has 1 aliphatic rings. The molecule has 1 aromatic rings. The minimum Gasteiger partial charge on any atom is -0.335 e. The Balaban J connectivity index is 2.04. The van der Waals surface area contributed by atoms with Crippen molar-refractivity contribution in [2.75, 3.05) is 13.1 Å². The number of hydrogen-bond donors (Lipinski definition) is 1. The quantitative estimate of drug-likeness (QED) is 0.848. The Morgan fingerprint density at radius 2 is 2.50 bits per heavy atom. The molecule has 1 aliphatic heterocycles. The summed E-state index contributed by atoms with van der Waals surface area (Å²) >= 11 is 0. The average Bonchev–Trinajstić information content (AvgIpc) is 2.67. The van der Waals surface area contributed by atoms with E-state index in [0.717, 1.165) is 31.8 Å². The summed E-state index contributed by atoms with van der Waals surface area (Å²) in [5, 5.41) is 3.13. The molecule has 0 spiro atoms. The molecule has 1 unspecified atom stereocenters. The molecule has 0 radical (unpaired) electrons. The van der Waals surface area contributed by atoms with Crippen molar-refractivity contribution in [3.63, 3.8) is 0 Å². The SMILES string of the molecule is CCCn1ccnc1CC1(F)CCCNC1. The third kappa shape index (κ3) is 2.61. The van der Waals surface area contributed by atoms with Crippen LogP contribution < -0.4 is 5.32 Å². The van der Waals surface area contributed by atoms with Crippen molar-refractivity contribution < 1.29 is 4.39 Å². The van der Waals surface area contributed by atoms with Crippen LogP contribution >= 0.6 is 0 Å². The van der Waals surface area contributed by atoms with Crippen molar-refractivity contribution in [2.24, 2.45) is 0 Å². The Hall–Kier alpha value is -0.900. The van der Waals surface area contributed by atoms with Crippen LogP contribution in [0.1, 0.15) is 32.0 Å². The van der Waals surface area contributed by atoms with Gasteiger partial charge in [-0.2, -0.15) is 0 Å². The largest absolute Gasteiger partial charge is 0.335 e. The standard InChI is InChI=1S/C12H20FN3/c1-2-7-16-8-6-15-11(16)9-12(13)4-3-5-14-10-12/h6,8,14H,2-5,7,9-10H2,1H3. The molecule has 1 atom stereocenters. The number of aromatic nitrogens is 2. The number of nitrogens with zero attached hydrogens (tertiary/aromatic N) is 2. The van der Waals surface area contributed by atoms with Gasteiger partial charge in [0.05, 0.1) is 0 Å². The molecule has 0 aromatic carbocycles. The normalized spacial score (nSPS) is 25.9. The summed E-state index contributed by atoms with van der Waals surface area (Å²) in [7, 11) is 0. The van der Waals surface area contributed by atoms with E-state index >= 15 is 0 Å². The Bertz CT molecular complexity index is 329. The molecule has 1 aromatic heterocycles. The lowest BCUT2D eigenvalue weighted by Crippen LogP contribution is -2.44. The lowest BCUT2D eigenvalue weighted by Gasteiger charge is -2.29. The third-order valence-corrected chi connectivity index (χ3v) is 3.16. The van der Waals surface area contributed by atoms with Crippen LogP contribution in [0.3, 0.4) is 0 Å². The maximum atomic E-state index is 14.4. The van der Waals surface area contributed by atoms with Gasteiger partial charge in [-0.05, 0) is 25.8 Å². The molecule has 3 nitrogen and oxygen atoms in total. The maximum absolute atomic E-state index is 14.4. The van der Waals surface area contributed by atoms with Crippen LogP contribution in [-0.2, 0) is 13.0 Å². The average molecular weight is 225 g/mol. The molecular formula is C12H20FN3. The van der Waals surface area contributed by atoms with E-state index in [2.05, 4.69) is 21.8 Å². The minimum atomic E-state index is -1.10. The van der Waals surface area contributed by atoms with Crippen LogP contribution in [0.2, 0.25) is 0 Å². The van der Waals surface area contributed by atoms with Crippen LogP contribution in [0.5, 0.6) is 0 Å². The van der Waals surface area contributed by atoms with Gasteiger partial charge in [0.15, 0.2) is 0 Å². The number of hydrogen-bond acceptors (Lipinski definition) is 2. The van der Waals surface area contributed by atoms with Gasteiger partial charge in [-0.15, -0.1) is 0 Å². The highest BCUT2D eigenvalue weighted by atomic mass is 19.1. The molecule has 2 heterocycles. The summed E-state index contributed by atoms with van der Waals surface area (Å²) in [6.07, 6.45) is 6.78. The summed E-state index contributed by atoms with van der Waals surface area (Å²) in [6, 6.07) is 0. The van der Waals surface area contributed by atoms with Crippen LogP contribution in [-0.4, -0.2) is 28.3 Å². The van der Waals surface area contributed by atoms with E-state index in [1.165, 1.54) is 0 Å². The number of halogens is 1. The van der Waals surface area contributed by atoms with Gasteiger partial charge in [-0.3, -0.25) is 0 Å². The molecule has 1 N–H and O–H groups in total. The van der Waals surface area contributed by atoms with Gasteiger partial charge >= 0.3 is 0 Å². The van der Waals surface area contributed by atoms with E-state index in [0.29, 0.717) is 19.4 Å². The number of alkyl halides is 1. The lowest BCUT2D eigenvalue weighted by atomic mass is 9.92. The van der Waals surface area contributed by atoms with Crippen molar-refractivity contribution in [1.29, 1.82) is 0 Å². The number of aryl methyl sites for hydroxylation is 1. The molecule has 0 saturated carbocycles. The first kappa shape index (κ1) is 11.6. The third-order valence-electron chi connectivity index (χ3n) is 3.16. The second kappa shape index (κ2) is 4.95. The first-order valence-corrected chi connectivity index (χ1v) is 6.13. The highest BCUT2D eigenvalue weighted by Gasteiger charge is 2.33. The molecule has 0 bridgehead atoms. The van der Waals surface area contributed by atoms with Crippen molar-refractivity contribution in [1.82, 2.24) is 14.9 Å². The second-order valence-corrected chi connectivity index (χ2v) is 4.64. The zero-order valence-corrected chi connectivity index (χ0v) is 9.88. The molecule has 1 saturated heterocycles. The Morgan fingerprint density at radius 3 is 3.19 bits per heavy atom. The number of piperidine rings is 1. The van der Waals surface area contributed by atoms with Gasteiger partial charge in [0, 0.05) is 31.9 Å². The number of imidazole rings is 1. The fraction of sp³-hybridized carbons (Fsp3) is 0.750. The van der Waals surface area contributed by atoms with Gasteiger partial charge in [0.2, 0.25) is 0 Å². The molecule has 1 fully saturated rings. The molecule has 2 rings (SSSR count). The smallest absolute Gasteiger partial charge is 0.130 e.